The van der Waals surface area contributed by atoms with E-state index in [9.17, 15) is 4.79 Å². The molecule has 1 fully saturated rings. The lowest BCUT2D eigenvalue weighted by atomic mass is 10.1. The summed E-state index contributed by atoms with van der Waals surface area (Å²) < 4.78 is 7.33. The molecule has 7 nitrogen and oxygen atoms in total. The van der Waals surface area contributed by atoms with E-state index in [2.05, 4.69) is 20.4 Å². The quantitative estimate of drug-likeness (QED) is 0.536. The van der Waals surface area contributed by atoms with Crippen molar-refractivity contribution in [1.82, 2.24) is 25.0 Å². The van der Waals surface area contributed by atoms with Crippen molar-refractivity contribution >= 4 is 18.1 Å². The van der Waals surface area contributed by atoms with E-state index in [1.165, 1.54) is 32.4 Å². The Bertz CT molecular complexity index is 793. The van der Waals surface area contributed by atoms with E-state index < -0.39 is 0 Å². The Hall–Kier alpha value is -2.19. The zero-order valence-corrected chi connectivity index (χ0v) is 16.6. The Balaban J connectivity index is 1.53. The van der Waals surface area contributed by atoms with Crippen LogP contribution in [0.3, 0.4) is 0 Å². The summed E-state index contributed by atoms with van der Waals surface area (Å²) >= 11 is 5.29. The van der Waals surface area contributed by atoms with Crippen LogP contribution in [0.15, 0.2) is 24.3 Å². The van der Waals surface area contributed by atoms with Gasteiger partial charge in [0.15, 0.2) is 10.6 Å². The van der Waals surface area contributed by atoms with Gasteiger partial charge < -0.3 is 15.0 Å². The van der Waals surface area contributed by atoms with Crippen LogP contribution >= 0.6 is 12.2 Å². The maximum Gasteiger partial charge on any atom is 0.240 e. The van der Waals surface area contributed by atoms with Crippen molar-refractivity contribution in [3.8, 4) is 17.1 Å². The molecule has 1 aliphatic heterocycles. The SMILES string of the molecule is COc1ccc(-c2n[nH]c(=S)n2CC(=O)NCCCN2CCCCC2)cc1. The van der Waals surface area contributed by atoms with E-state index in [1.54, 1.807) is 11.7 Å². The van der Waals surface area contributed by atoms with Gasteiger partial charge in [0.1, 0.15) is 12.3 Å². The highest BCUT2D eigenvalue weighted by Crippen LogP contribution is 2.20. The first-order valence-corrected chi connectivity index (χ1v) is 9.87. The summed E-state index contributed by atoms with van der Waals surface area (Å²) in [5.41, 5.74) is 0.876. The number of ether oxygens (including phenoxy) is 1. The monoisotopic (exact) mass is 389 g/mol. The molecule has 146 valence electrons. The van der Waals surface area contributed by atoms with Crippen LogP contribution in [-0.2, 0) is 11.3 Å². The van der Waals surface area contributed by atoms with Crippen molar-refractivity contribution in [3.05, 3.63) is 29.0 Å². The highest BCUT2D eigenvalue weighted by atomic mass is 32.1. The molecule has 1 aromatic carbocycles. The molecule has 2 N–H and O–H groups in total. The number of nitrogens with one attached hydrogen (secondary N) is 2. The van der Waals surface area contributed by atoms with Crippen LogP contribution in [0.2, 0.25) is 0 Å². The number of methoxy groups -OCH3 is 1. The predicted octanol–water partition coefficient (Wildman–Crippen LogP) is 2.61. The van der Waals surface area contributed by atoms with Crippen molar-refractivity contribution in [1.29, 1.82) is 0 Å². The number of aromatic amines is 1. The molecule has 0 spiro atoms. The average Bonchev–Trinajstić information content (AvgIpc) is 3.06. The Labute approximate surface area is 164 Å². The fraction of sp³-hybridized carbons (Fsp3) is 0.526. The van der Waals surface area contributed by atoms with E-state index in [0.717, 1.165) is 24.3 Å². The molecule has 27 heavy (non-hydrogen) atoms. The first kappa shape index (κ1) is 19.6. The highest BCUT2D eigenvalue weighted by Gasteiger charge is 2.13. The number of likely N-dealkylation sites (tertiary alicyclic amines) is 1. The van der Waals surface area contributed by atoms with Crippen LogP contribution < -0.4 is 10.1 Å². The van der Waals surface area contributed by atoms with E-state index in [-0.39, 0.29) is 12.5 Å². The van der Waals surface area contributed by atoms with Gasteiger partial charge in [-0.05, 0) is 75.4 Å². The number of piperidine rings is 1. The van der Waals surface area contributed by atoms with Gasteiger partial charge in [-0.2, -0.15) is 5.10 Å². The van der Waals surface area contributed by atoms with Crippen LogP contribution in [0.25, 0.3) is 11.4 Å². The Morgan fingerprint density at radius 3 is 2.70 bits per heavy atom. The number of benzene rings is 1. The molecule has 1 saturated heterocycles. The zero-order chi connectivity index (χ0) is 19.1. The third kappa shape index (κ3) is 5.40. The molecular weight excluding hydrogens is 362 g/mol. The standard InChI is InChI=1S/C19H27N5O2S/c1-26-16-8-6-15(7-9-16)18-21-22-19(27)24(18)14-17(25)20-10-5-13-23-11-3-2-4-12-23/h6-9H,2-5,10-14H2,1H3,(H,20,25)(H,22,27). The molecule has 0 atom stereocenters. The topological polar surface area (TPSA) is 75.2 Å². The minimum atomic E-state index is -0.0547. The van der Waals surface area contributed by atoms with Crippen molar-refractivity contribution < 1.29 is 9.53 Å². The fourth-order valence-electron chi connectivity index (χ4n) is 3.34. The Morgan fingerprint density at radius 1 is 1.26 bits per heavy atom. The van der Waals surface area contributed by atoms with Gasteiger partial charge in [0.05, 0.1) is 7.11 Å². The van der Waals surface area contributed by atoms with Gasteiger partial charge in [-0.3, -0.25) is 14.5 Å². The lowest BCUT2D eigenvalue weighted by Crippen LogP contribution is -2.34. The number of carbonyl (C=O) groups is 1. The summed E-state index contributed by atoms with van der Waals surface area (Å²) in [6, 6.07) is 7.52. The highest BCUT2D eigenvalue weighted by molar-refractivity contribution is 7.71. The molecule has 2 aromatic rings. The van der Waals surface area contributed by atoms with Gasteiger partial charge in [-0.15, -0.1) is 0 Å². The van der Waals surface area contributed by atoms with E-state index >= 15 is 0 Å². The van der Waals surface area contributed by atoms with Crippen LogP contribution in [-0.4, -0.2) is 58.9 Å². The maximum atomic E-state index is 12.3. The first-order chi connectivity index (χ1) is 13.2. The second-order valence-corrected chi connectivity index (χ2v) is 7.16. The maximum absolute atomic E-state index is 12.3. The number of aromatic nitrogens is 3. The third-order valence-corrected chi connectivity index (χ3v) is 5.14. The number of amides is 1. The van der Waals surface area contributed by atoms with E-state index in [4.69, 9.17) is 17.0 Å². The largest absolute Gasteiger partial charge is 0.497 e. The van der Waals surface area contributed by atoms with Crippen molar-refractivity contribution in [2.45, 2.75) is 32.2 Å². The van der Waals surface area contributed by atoms with Gasteiger partial charge >= 0.3 is 0 Å². The van der Waals surface area contributed by atoms with Gasteiger partial charge in [-0.1, -0.05) is 6.42 Å². The zero-order valence-electron chi connectivity index (χ0n) is 15.7. The molecule has 0 radical (unpaired) electrons. The Kier molecular flexibility index (Phi) is 7.00. The van der Waals surface area contributed by atoms with Crippen molar-refractivity contribution in [3.63, 3.8) is 0 Å². The second-order valence-electron chi connectivity index (χ2n) is 6.77. The summed E-state index contributed by atoms with van der Waals surface area (Å²) in [5, 5.41) is 10.0. The van der Waals surface area contributed by atoms with Crippen LogP contribution in [0.1, 0.15) is 25.7 Å². The Morgan fingerprint density at radius 2 is 2.00 bits per heavy atom. The molecule has 2 heterocycles. The van der Waals surface area contributed by atoms with E-state index in [1.807, 2.05) is 24.3 Å². The van der Waals surface area contributed by atoms with Crippen molar-refractivity contribution in [2.24, 2.45) is 0 Å². The average molecular weight is 390 g/mol. The molecule has 0 saturated carbocycles. The number of hydrogen-bond acceptors (Lipinski definition) is 5. The number of carbonyl (C=O) groups excluding carboxylic acids is 1. The van der Waals surface area contributed by atoms with Crippen LogP contribution in [0.4, 0.5) is 0 Å². The molecular formula is C19H27N5O2S. The number of hydrogen-bond donors (Lipinski definition) is 2. The summed E-state index contributed by atoms with van der Waals surface area (Å²) in [6.07, 6.45) is 4.89. The predicted molar refractivity (Wildman–Crippen MR) is 107 cm³/mol. The second kappa shape index (κ2) is 9.66. The molecule has 0 unspecified atom stereocenters. The smallest absolute Gasteiger partial charge is 0.240 e. The molecule has 0 bridgehead atoms. The fourth-order valence-corrected chi connectivity index (χ4v) is 3.53. The minimum Gasteiger partial charge on any atom is -0.497 e. The normalized spacial score (nSPS) is 14.9. The molecule has 3 rings (SSSR count). The molecule has 1 amide bonds. The number of H-pyrrole nitrogens is 1. The lowest BCUT2D eigenvalue weighted by molar-refractivity contribution is -0.121. The van der Waals surface area contributed by atoms with Crippen molar-refractivity contribution in [2.75, 3.05) is 33.3 Å². The van der Waals surface area contributed by atoms with Gasteiger partial charge in [0.25, 0.3) is 0 Å². The molecule has 0 aliphatic carbocycles. The summed E-state index contributed by atoms with van der Waals surface area (Å²) in [5.74, 6) is 1.36. The third-order valence-electron chi connectivity index (χ3n) is 4.83. The van der Waals surface area contributed by atoms with Gasteiger partial charge in [0, 0.05) is 12.1 Å². The van der Waals surface area contributed by atoms with E-state index in [0.29, 0.717) is 17.1 Å². The van der Waals surface area contributed by atoms with Crippen LogP contribution in [0.5, 0.6) is 5.75 Å². The number of rotatable bonds is 8. The van der Waals surface area contributed by atoms with Crippen LogP contribution in [0, 0.1) is 4.77 Å². The molecule has 1 aromatic heterocycles. The summed E-state index contributed by atoms with van der Waals surface area (Å²) in [4.78, 5) is 14.8. The molecule has 1 aliphatic rings. The summed E-state index contributed by atoms with van der Waals surface area (Å²) in [7, 11) is 1.63. The summed E-state index contributed by atoms with van der Waals surface area (Å²) in [6.45, 7) is 4.24. The lowest BCUT2D eigenvalue weighted by Gasteiger charge is -2.26. The van der Waals surface area contributed by atoms with Gasteiger partial charge in [-0.25, -0.2) is 0 Å². The minimum absolute atomic E-state index is 0.0547. The number of nitrogens with zero attached hydrogens (tertiary/aromatic N) is 3. The van der Waals surface area contributed by atoms with Gasteiger partial charge in [0.2, 0.25) is 5.91 Å². The first-order valence-electron chi connectivity index (χ1n) is 9.46. The molecule has 8 heteroatoms.